The van der Waals surface area contributed by atoms with E-state index in [-0.39, 0.29) is 19.0 Å². The summed E-state index contributed by atoms with van der Waals surface area (Å²) in [6, 6.07) is 16.3. The summed E-state index contributed by atoms with van der Waals surface area (Å²) in [4.78, 5) is 12.0. The minimum absolute atomic E-state index is 0.0625. The van der Waals surface area contributed by atoms with Gasteiger partial charge >= 0.3 is 5.97 Å². The van der Waals surface area contributed by atoms with E-state index >= 15 is 0 Å². The van der Waals surface area contributed by atoms with E-state index in [0.717, 1.165) is 16.9 Å². The lowest BCUT2D eigenvalue weighted by Crippen LogP contribution is -2.08. The first kappa shape index (κ1) is 18.0. The molecule has 1 heterocycles. The molecule has 5 nitrogen and oxygen atoms in total. The Morgan fingerprint density at radius 2 is 1.85 bits per heavy atom. The summed E-state index contributed by atoms with van der Waals surface area (Å²) in [5.74, 6) is 1.05. The van der Waals surface area contributed by atoms with Crippen LogP contribution in [0.15, 0.2) is 59.1 Å². The Balaban J connectivity index is 1.52. The number of hydrogen-bond donors (Lipinski definition) is 0. The molecule has 134 valence electrons. The van der Waals surface area contributed by atoms with E-state index < -0.39 is 0 Å². The summed E-state index contributed by atoms with van der Waals surface area (Å²) < 4.78 is 15.9. The van der Waals surface area contributed by atoms with E-state index in [1.807, 2.05) is 43.3 Å². The van der Waals surface area contributed by atoms with E-state index in [0.29, 0.717) is 23.1 Å². The van der Waals surface area contributed by atoms with E-state index in [1.165, 1.54) is 0 Å². The molecule has 0 unspecified atom stereocenters. The van der Waals surface area contributed by atoms with Crippen molar-refractivity contribution in [2.75, 3.05) is 6.61 Å². The highest BCUT2D eigenvalue weighted by Crippen LogP contribution is 2.22. The van der Waals surface area contributed by atoms with Gasteiger partial charge in [-0.3, -0.25) is 4.79 Å². The molecule has 0 aliphatic carbocycles. The van der Waals surface area contributed by atoms with Gasteiger partial charge in [-0.15, -0.1) is 0 Å². The van der Waals surface area contributed by atoms with E-state index in [9.17, 15) is 4.79 Å². The molecule has 0 N–H and O–H groups in total. The summed E-state index contributed by atoms with van der Waals surface area (Å²) in [6.07, 6.45) is 0.189. The van der Waals surface area contributed by atoms with Gasteiger partial charge in [0.1, 0.15) is 18.1 Å². The predicted molar refractivity (Wildman–Crippen MR) is 98.1 cm³/mol. The second-order valence-electron chi connectivity index (χ2n) is 5.60. The van der Waals surface area contributed by atoms with Crippen molar-refractivity contribution in [1.29, 1.82) is 0 Å². The molecular weight excluding hydrogens is 354 g/mol. The van der Waals surface area contributed by atoms with Gasteiger partial charge in [0, 0.05) is 16.7 Å². The molecular formula is C20H18ClNO4. The van der Waals surface area contributed by atoms with Gasteiger partial charge in [0.05, 0.1) is 13.0 Å². The van der Waals surface area contributed by atoms with Crippen LogP contribution in [0.4, 0.5) is 0 Å². The third kappa shape index (κ3) is 4.86. The Morgan fingerprint density at radius 3 is 2.54 bits per heavy atom. The number of hydrogen-bond acceptors (Lipinski definition) is 5. The van der Waals surface area contributed by atoms with Crippen molar-refractivity contribution in [2.45, 2.75) is 20.0 Å². The Bertz CT molecular complexity index is 856. The first-order chi connectivity index (χ1) is 12.6. The van der Waals surface area contributed by atoms with Crippen LogP contribution in [0.5, 0.6) is 5.75 Å². The van der Waals surface area contributed by atoms with Crippen molar-refractivity contribution in [3.8, 4) is 17.1 Å². The average molecular weight is 372 g/mol. The second kappa shape index (κ2) is 8.54. The molecule has 0 radical (unpaired) electrons. The molecule has 0 spiro atoms. The van der Waals surface area contributed by atoms with Gasteiger partial charge in [0.15, 0.2) is 5.76 Å². The highest BCUT2D eigenvalue weighted by Gasteiger charge is 2.10. The Kier molecular flexibility index (Phi) is 5.92. The summed E-state index contributed by atoms with van der Waals surface area (Å²) in [5.41, 5.74) is 2.27. The van der Waals surface area contributed by atoms with Crippen molar-refractivity contribution in [3.63, 3.8) is 0 Å². The molecule has 0 amide bonds. The first-order valence-corrected chi connectivity index (χ1v) is 8.60. The number of rotatable bonds is 7. The van der Waals surface area contributed by atoms with Gasteiger partial charge in [-0.2, -0.15) is 0 Å². The van der Waals surface area contributed by atoms with Crippen LogP contribution in [0.25, 0.3) is 11.3 Å². The van der Waals surface area contributed by atoms with Gasteiger partial charge in [-0.05, 0) is 48.9 Å². The zero-order chi connectivity index (χ0) is 18.4. The van der Waals surface area contributed by atoms with Gasteiger partial charge < -0.3 is 14.0 Å². The van der Waals surface area contributed by atoms with Crippen LogP contribution in [0.2, 0.25) is 5.02 Å². The highest BCUT2D eigenvalue weighted by molar-refractivity contribution is 6.30. The van der Waals surface area contributed by atoms with E-state index in [1.54, 1.807) is 18.2 Å². The fourth-order valence-corrected chi connectivity index (χ4v) is 2.50. The molecule has 0 fully saturated rings. The summed E-state index contributed by atoms with van der Waals surface area (Å²) in [7, 11) is 0. The maximum atomic E-state index is 12.0. The van der Waals surface area contributed by atoms with Crippen LogP contribution in [0, 0.1) is 0 Å². The minimum atomic E-state index is -0.329. The topological polar surface area (TPSA) is 61.6 Å². The molecule has 0 aliphatic heterocycles. The smallest absolute Gasteiger partial charge is 0.310 e. The molecule has 3 rings (SSSR count). The Hall–Kier alpha value is -2.79. The van der Waals surface area contributed by atoms with Crippen LogP contribution in [0.1, 0.15) is 18.2 Å². The summed E-state index contributed by atoms with van der Waals surface area (Å²) in [5, 5.41) is 4.57. The number of aromatic nitrogens is 1. The van der Waals surface area contributed by atoms with E-state index in [4.69, 9.17) is 25.6 Å². The summed E-state index contributed by atoms with van der Waals surface area (Å²) in [6.45, 7) is 2.59. The third-order valence-corrected chi connectivity index (χ3v) is 3.90. The normalized spacial score (nSPS) is 10.5. The van der Waals surface area contributed by atoms with Crippen molar-refractivity contribution < 1.29 is 18.8 Å². The quantitative estimate of drug-likeness (QED) is 0.564. The standard InChI is InChI=1S/C20H18ClNO4/c1-2-24-18-9-3-14(4-10-18)11-20(23)25-13-17-12-19(26-22-17)15-5-7-16(21)8-6-15/h3-10,12H,2,11,13H2,1H3. The molecule has 0 atom stereocenters. The lowest BCUT2D eigenvalue weighted by molar-refractivity contribution is -0.144. The largest absolute Gasteiger partial charge is 0.494 e. The Morgan fingerprint density at radius 1 is 1.12 bits per heavy atom. The first-order valence-electron chi connectivity index (χ1n) is 8.23. The Labute approximate surface area is 156 Å². The van der Waals surface area contributed by atoms with Crippen LogP contribution >= 0.6 is 11.6 Å². The fourth-order valence-electron chi connectivity index (χ4n) is 2.37. The van der Waals surface area contributed by atoms with E-state index in [2.05, 4.69) is 5.16 Å². The molecule has 6 heteroatoms. The van der Waals surface area contributed by atoms with Crippen molar-refractivity contribution >= 4 is 17.6 Å². The summed E-state index contributed by atoms with van der Waals surface area (Å²) >= 11 is 5.87. The molecule has 0 bridgehead atoms. The van der Waals surface area contributed by atoms with Gasteiger partial charge in [-0.25, -0.2) is 0 Å². The number of ether oxygens (including phenoxy) is 2. The minimum Gasteiger partial charge on any atom is -0.494 e. The molecule has 0 saturated carbocycles. The number of esters is 1. The maximum absolute atomic E-state index is 12.0. The third-order valence-electron chi connectivity index (χ3n) is 3.65. The second-order valence-corrected chi connectivity index (χ2v) is 6.04. The van der Waals surface area contributed by atoms with Crippen LogP contribution in [0.3, 0.4) is 0 Å². The number of nitrogens with zero attached hydrogens (tertiary/aromatic N) is 1. The fraction of sp³-hybridized carbons (Fsp3) is 0.200. The lowest BCUT2D eigenvalue weighted by atomic mass is 10.1. The molecule has 1 aromatic heterocycles. The molecule has 2 aromatic carbocycles. The molecule has 3 aromatic rings. The predicted octanol–water partition coefficient (Wildman–Crippen LogP) is 4.68. The van der Waals surface area contributed by atoms with Gasteiger partial charge in [0.25, 0.3) is 0 Å². The molecule has 0 aliphatic rings. The average Bonchev–Trinajstić information content (AvgIpc) is 3.11. The van der Waals surface area contributed by atoms with Crippen LogP contribution in [-0.2, 0) is 22.6 Å². The zero-order valence-corrected chi connectivity index (χ0v) is 15.0. The molecule has 26 heavy (non-hydrogen) atoms. The number of carbonyl (C=O) groups excluding carboxylic acids is 1. The zero-order valence-electron chi connectivity index (χ0n) is 14.3. The highest BCUT2D eigenvalue weighted by atomic mass is 35.5. The van der Waals surface area contributed by atoms with Crippen molar-refractivity contribution in [2.24, 2.45) is 0 Å². The maximum Gasteiger partial charge on any atom is 0.310 e. The number of carbonyl (C=O) groups is 1. The number of halogens is 1. The van der Waals surface area contributed by atoms with Crippen molar-refractivity contribution in [3.05, 3.63) is 70.9 Å². The lowest BCUT2D eigenvalue weighted by Gasteiger charge is -2.05. The van der Waals surface area contributed by atoms with Gasteiger partial charge in [0.2, 0.25) is 0 Å². The monoisotopic (exact) mass is 371 g/mol. The van der Waals surface area contributed by atoms with Gasteiger partial charge in [-0.1, -0.05) is 28.9 Å². The number of benzene rings is 2. The SMILES string of the molecule is CCOc1ccc(CC(=O)OCc2cc(-c3ccc(Cl)cc3)on2)cc1. The van der Waals surface area contributed by atoms with Crippen LogP contribution in [-0.4, -0.2) is 17.7 Å². The molecule has 0 saturated heterocycles. The van der Waals surface area contributed by atoms with Crippen LogP contribution < -0.4 is 4.74 Å². The van der Waals surface area contributed by atoms with Crippen molar-refractivity contribution in [1.82, 2.24) is 5.16 Å².